The van der Waals surface area contributed by atoms with E-state index in [0.717, 1.165) is 23.9 Å². The van der Waals surface area contributed by atoms with E-state index in [9.17, 15) is 4.79 Å². The lowest BCUT2D eigenvalue weighted by atomic mass is 10.3. The zero-order chi connectivity index (χ0) is 13.9. The number of furan rings is 1. The average Bonchev–Trinajstić information content (AvgIpc) is 2.99. The molecule has 2 aromatic rings. The highest BCUT2D eigenvalue weighted by Gasteiger charge is 2.30. The lowest BCUT2D eigenvalue weighted by Crippen LogP contribution is -2.24. The van der Waals surface area contributed by atoms with E-state index in [0.29, 0.717) is 11.8 Å². The maximum Gasteiger partial charge on any atom is 0.286 e. The number of aromatic nitrogens is 1. The number of hydrogen-bond donors (Lipinski definition) is 1. The summed E-state index contributed by atoms with van der Waals surface area (Å²) in [7, 11) is 1.60. The molecule has 2 heterocycles. The first-order valence-corrected chi connectivity index (χ1v) is 7.57. The normalized spacial score (nSPS) is 14.7. The maximum atomic E-state index is 11.5. The highest BCUT2D eigenvalue weighted by molar-refractivity contribution is 7.09. The van der Waals surface area contributed by atoms with Crippen LogP contribution in [0.1, 0.15) is 34.2 Å². The Morgan fingerprint density at radius 3 is 3.00 bits per heavy atom. The Bertz CT molecular complexity index is 575. The summed E-state index contributed by atoms with van der Waals surface area (Å²) in [6.45, 7) is 1.57. The fourth-order valence-electron chi connectivity index (χ4n) is 2.17. The molecule has 1 aliphatic rings. The van der Waals surface area contributed by atoms with Crippen LogP contribution in [0.5, 0.6) is 0 Å². The fourth-order valence-corrected chi connectivity index (χ4v) is 2.81. The van der Waals surface area contributed by atoms with E-state index in [1.807, 2.05) is 17.6 Å². The summed E-state index contributed by atoms with van der Waals surface area (Å²) in [5, 5.41) is 5.68. The van der Waals surface area contributed by atoms with Crippen molar-refractivity contribution in [1.29, 1.82) is 0 Å². The molecule has 0 unspecified atom stereocenters. The smallest absolute Gasteiger partial charge is 0.286 e. The molecule has 0 atom stereocenters. The molecule has 1 fully saturated rings. The molecule has 0 spiro atoms. The van der Waals surface area contributed by atoms with Crippen LogP contribution in [0.2, 0.25) is 0 Å². The van der Waals surface area contributed by atoms with Gasteiger partial charge in [0.05, 0.1) is 13.1 Å². The minimum Gasteiger partial charge on any atom is -0.455 e. The minimum atomic E-state index is -0.186. The van der Waals surface area contributed by atoms with Gasteiger partial charge in [0, 0.05) is 24.7 Å². The van der Waals surface area contributed by atoms with Crippen LogP contribution in [0.4, 0.5) is 0 Å². The second-order valence-corrected chi connectivity index (χ2v) is 5.89. The van der Waals surface area contributed by atoms with Crippen LogP contribution in [-0.2, 0) is 13.1 Å². The van der Waals surface area contributed by atoms with Crippen LogP contribution in [0.25, 0.3) is 0 Å². The van der Waals surface area contributed by atoms with Crippen molar-refractivity contribution in [3.8, 4) is 0 Å². The van der Waals surface area contributed by atoms with E-state index in [-0.39, 0.29) is 5.91 Å². The molecule has 0 radical (unpaired) electrons. The number of hydrogen-bond acceptors (Lipinski definition) is 5. The fraction of sp³-hybridized carbons (Fsp3) is 0.429. The molecule has 0 saturated heterocycles. The Morgan fingerprint density at radius 2 is 2.35 bits per heavy atom. The number of nitrogens with zero attached hydrogens (tertiary/aromatic N) is 2. The van der Waals surface area contributed by atoms with Gasteiger partial charge in [-0.15, -0.1) is 11.3 Å². The molecular weight excluding hydrogens is 274 g/mol. The van der Waals surface area contributed by atoms with Crippen molar-refractivity contribution in [2.24, 2.45) is 0 Å². The third-order valence-electron chi connectivity index (χ3n) is 3.36. The molecule has 5 nitrogen and oxygen atoms in total. The first kappa shape index (κ1) is 13.3. The summed E-state index contributed by atoms with van der Waals surface area (Å²) in [6, 6.07) is 4.22. The van der Waals surface area contributed by atoms with Crippen LogP contribution in [0.3, 0.4) is 0 Å². The number of amides is 1. The van der Waals surface area contributed by atoms with Gasteiger partial charge in [0.25, 0.3) is 5.91 Å². The molecule has 1 saturated carbocycles. The van der Waals surface area contributed by atoms with E-state index < -0.39 is 0 Å². The van der Waals surface area contributed by atoms with Crippen molar-refractivity contribution in [2.45, 2.75) is 32.0 Å². The Kier molecular flexibility index (Phi) is 3.84. The Labute approximate surface area is 121 Å². The maximum absolute atomic E-state index is 11.5. The average molecular weight is 291 g/mol. The standard InChI is InChI=1S/C14H17N3O2S/c1-15-14(18)12-5-4-11(19-12)8-17(10-2-3-10)9-13-16-6-7-20-13/h4-7,10H,2-3,8-9H2,1H3,(H,15,18). The number of carbonyl (C=O) groups is 1. The predicted molar refractivity (Wildman–Crippen MR) is 76.5 cm³/mol. The lowest BCUT2D eigenvalue weighted by Gasteiger charge is -2.19. The first-order valence-electron chi connectivity index (χ1n) is 6.69. The molecule has 1 amide bonds. The van der Waals surface area contributed by atoms with Gasteiger partial charge in [-0.25, -0.2) is 4.98 Å². The van der Waals surface area contributed by atoms with Crippen molar-refractivity contribution >= 4 is 17.2 Å². The molecule has 3 rings (SSSR count). The van der Waals surface area contributed by atoms with Gasteiger partial charge in [-0.1, -0.05) is 0 Å². The monoisotopic (exact) mass is 291 g/mol. The second-order valence-electron chi connectivity index (χ2n) is 4.91. The van der Waals surface area contributed by atoms with Crippen molar-refractivity contribution < 1.29 is 9.21 Å². The van der Waals surface area contributed by atoms with Gasteiger partial charge in [-0.05, 0) is 25.0 Å². The van der Waals surface area contributed by atoms with Crippen LogP contribution in [-0.4, -0.2) is 28.9 Å². The predicted octanol–water partition coefficient (Wildman–Crippen LogP) is 2.26. The topological polar surface area (TPSA) is 58.4 Å². The van der Waals surface area contributed by atoms with Gasteiger partial charge in [-0.3, -0.25) is 9.69 Å². The molecule has 1 N–H and O–H groups in total. The molecule has 0 aromatic carbocycles. The van der Waals surface area contributed by atoms with Crippen LogP contribution < -0.4 is 5.32 Å². The molecule has 0 aliphatic heterocycles. The summed E-state index contributed by atoms with van der Waals surface area (Å²) in [4.78, 5) is 18.2. The molecule has 0 bridgehead atoms. The molecule has 106 valence electrons. The Balaban J connectivity index is 1.67. The number of rotatable bonds is 6. The van der Waals surface area contributed by atoms with Crippen LogP contribution in [0.15, 0.2) is 28.1 Å². The second kappa shape index (κ2) is 5.76. The van der Waals surface area contributed by atoms with Crippen molar-refractivity contribution in [3.63, 3.8) is 0 Å². The lowest BCUT2D eigenvalue weighted by molar-refractivity contribution is 0.0931. The van der Waals surface area contributed by atoms with E-state index in [2.05, 4.69) is 15.2 Å². The van der Waals surface area contributed by atoms with Gasteiger partial charge in [0.1, 0.15) is 10.8 Å². The number of carbonyl (C=O) groups excluding carboxylic acids is 1. The van der Waals surface area contributed by atoms with Crippen molar-refractivity contribution in [1.82, 2.24) is 15.2 Å². The largest absolute Gasteiger partial charge is 0.455 e. The number of thiazole rings is 1. The highest BCUT2D eigenvalue weighted by atomic mass is 32.1. The molecule has 1 aliphatic carbocycles. The first-order chi connectivity index (χ1) is 9.76. The van der Waals surface area contributed by atoms with Gasteiger partial charge < -0.3 is 9.73 Å². The third kappa shape index (κ3) is 3.08. The summed E-state index contributed by atoms with van der Waals surface area (Å²) in [6.07, 6.45) is 4.30. The van der Waals surface area contributed by atoms with Gasteiger partial charge in [0.2, 0.25) is 0 Å². The van der Waals surface area contributed by atoms with E-state index >= 15 is 0 Å². The summed E-state index contributed by atoms with van der Waals surface area (Å²) in [5.74, 6) is 1.01. The van der Waals surface area contributed by atoms with Crippen molar-refractivity contribution in [3.05, 3.63) is 40.2 Å². The van der Waals surface area contributed by atoms with Gasteiger partial charge >= 0.3 is 0 Å². The SMILES string of the molecule is CNC(=O)c1ccc(CN(Cc2nccs2)C2CC2)o1. The molecule has 2 aromatic heterocycles. The quantitative estimate of drug-likeness (QED) is 0.887. The van der Waals surface area contributed by atoms with Crippen LogP contribution >= 0.6 is 11.3 Å². The van der Waals surface area contributed by atoms with E-state index in [4.69, 9.17) is 4.42 Å². The van der Waals surface area contributed by atoms with Crippen LogP contribution in [0, 0.1) is 0 Å². The van der Waals surface area contributed by atoms with Gasteiger partial charge in [0.15, 0.2) is 5.76 Å². The van der Waals surface area contributed by atoms with Crippen molar-refractivity contribution in [2.75, 3.05) is 7.05 Å². The number of nitrogens with one attached hydrogen (secondary N) is 1. The Hall–Kier alpha value is -1.66. The van der Waals surface area contributed by atoms with Gasteiger partial charge in [-0.2, -0.15) is 0 Å². The summed E-state index contributed by atoms with van der Waals surface area (Å²) in [5.41, 5.74) is 0. The zero-order valence-corrected chi connectivity index (χ0v) is 12.2. The summed E-state index contributed by atoms with van der Waals surface area (Å²) >= 11 is 1.67. The highest BCUT2D eigenvalue weighted by Crippen LogP contribution is 2.30. The third-order valence-corrected chi connectivity index (χ3v) is 4.12. The van der Waals surface area contributed by atoms with E-state index in [1.54, 1.807) is 24.5 Å². The molecule has 6 heteroatoms. The molecular formula is C14H17N3O2S. The Morgan fingerprint density at radius 1 is 1.50 bits per heavy atom. The molecule has 20 heavy (non-hydrogen) atoms. The zero-order valence-electron chi connectivity index (χ0n) is 11.3. The summed E-state index contributed by atoms with van der Waals surface area (Å²) < 4.78 is 5.59. The van der Waals surface area contributed by atoms with E-state index in [1.165, 1.54) is 12.8 Å². The minimum absolute atomic E-state index is 0.186.